The molecule has 0 radical (unpaired) electrons. The van der Waals surface area contributed by atoms with Crippen molar-refractivity contribution >= 4 is 34.0 Å². The fraction of sp³-hybridized carbons (Fsp3) is 0.286. The molecule has 2 aliphatic rings. The largest absolute Gasteiger partial charge is 0.461 e. The van der Waals surface area contributed by atoms with E-state index in [4.69, 9.17) is 9.47 Å². The molecule has 0 spiro atoms. The van der Waals surface area contributed by atoms with Crippen molar-refractivity contribution in [3.8, 4) is 5.69 Å². The first-order valence-corrected chi connectivity index (χ1v) is 15.5. The Labute approximate surface area is 276 Å². The minimum atomic E-state index is -0.636. The van der Waals surface area contributed by atoms with Gasteiger partial charge in [0.25, 0.3) is 11.5 Å². The number of benzene rings is 2. The van der Waals surface area contributed by atoms with Crippen LogP contribution in [0.15, 0.2) is 77.7 Å². The van der Waals surface area contributed by atoms with Crippen LogP contribution in [0.1, 0.15) is 54.7 Å². The lowest BCUT2D eigenvalue weighted by Gasteiger charge is -2.26. The molecule has 2 aromatic heterocycles. The third kappa shape index (κ3) is 6.76. The number of ether oxygens (including phenoxy) is 2. The van der Waals surface area contributed by atoms with Crippen molar-refractivity contribution in [2.45, 2.75) is 39.7 Å². The van der Waals surface area contributed by atoms with Gasteiger partial charge in [0.05, 0.1) is 36.0 Å². The van der Waals surface area contributed by atoms with Gasteiger partial charge in [-0.25, -0.2) is 9.37 Å². The number of esters is 1. The van der Waals surface area contributed by atoms with Crippen molar-refractivity contribution in [1.29, 1.82) is 0 Å². The maximum absolute atomic E-state index is 15.4. The molecule has 13 heteroatoms. The molecule has 6 rings (SSSR count). The van der Waals surface area contributed by atoms with Crippen molar-refractivity contribution in [2.75, 3.05) is 31.6 Å². The van der Waals surface area contributed by atoms with Gasteiger partial charge in [0.15, 0.2) is 0 Å². The van der Waals surface area contributed by atoms with Crippen molar-refractivity contribution in [1.82, 2.24) is 30.5 Å². The van der Waals surface area contributed by atoms with Crippen LogP contribution in [0.2, 0.25) is 0 Å². The fourth-order valence-corrected chi connectivity index (χ4v) is 5.54. The van der Waals surface area contributed by atoms with Crippen LogP contribution in [0.5, 0.6) is 0 Å². The number of fused-ring (bicyclic) bond motifs is 1. The minimum absolute atomic E-state index is 0.0823. The molecule has 2 aromatic carbocycles. The van der Waals surface area contributed by atoms with Gasteiger partial charge in [-0.15, -0.1) is 0 Å². The summed E-state index contributed by atoms with van der Waals surface area (Å²) in [5, 5.41) is 7.92. The van der Waals surface area contributed by atoms with E-state index in [-0.39, 0.29) is 23.3 Å². The number of morpholine rings is 1. The van der Waals surface area contributed by atoms with Gasteiger partial charge >= 0.3 is 5.97 Å². The van der Waals surface area contributed by atoms with E-state index in [1.807, 2.05) is 32.9 Å². The number of allylic oxidation sites excluding steroid dienone is 2. The highest BCUT2D eigenvalue weighted by Crippen LogP contribution is 2.30. The Hall–Kier alpha value is -5.56. The molecule has 3 N–H and O–H groups in total. The molecule has 2 aliphatic heterocycles. The van der Waals surface area contributed by atoms with E-state index in [1.54, 1.807) is 41.4 Å². The van der Waals surface area contributed by atoms with E-state index in [2.05, 4.69) is 26.3 Å². The summed E-state index contributed by atoms with van der Waals surface area (Å²) in [7, 11) is 0. The number of hydrazine groups is 1. The van der Waals surface area contributed by atoms with E-state index in [0.29, 0.717) is 71.3 Å². The van der Waals surface area contributed by atoms with Crippen molar-refractivity contribution in [2.24, 2.45) is 0 Å². The zero-order chi connectivity index (χ0) is 34.0. The highest BCUT2D eigenvalue weighted by Gasteiger charge is 2.22. The average molecular weight is 654 g/mol. The van der Waals surface area contributed by atoms with Gasteiger partial charge in [0.1, 0.15) is 24.1 Å². The molecule has 248 valence electrons. The highest BCUT2D eigenvalue weighted by molar-refractivity contribution is 5.94. The van der Waals surface area contributed by atoms with Crippen LogP contribution in [0, 0.1) is 5.82 Å². The number of halogens is 1. The lowest BCUT2D eigenvalue weighted by atomic mass is 9.86. The second kappa shape index (κ2) is 13.3. The lowest BCUT2D eigenvalue weighted by molar-refractivity contribution is -0.142. The van der Waals surface area contributed by atoms with Crippen LogP contribution in [0.4, 0.5) is 10.2 Å². The van der Waals surface area contributed by atoms with Gasteiger partial charge in [0, 0.05) is 48.9 Å². The SMILES string of the molecule is CC(=O)OCc1c(C2=CNNC(Nc3ccc(C(=O)N4CCOCC4)cn3)=C2)cccc1-n1ncc2cc(C(C)(C)C)cc(F)c2c1=O. The Kier molecular flexibility index (Phi) is 8.96. The molecule has 0 aliphatic carbocycles. The quantitative estimate of drug-likeness (QED) is 0.249. The van der Waals surface area contributed by atoms with Gasteiger partial charge in [-0.3, -0.25) is 19.8 Å². The van der Waals surface area contributed by atoms with Crippen molar-refractivity contribution < 1.29 is 23.5 Å². The Bertz CT molecular complexity index is 2010. The zero-order valence-electron chi connectivity index (χ0n) is 27.1. The number of rotatable bonds is 7. The Morgan fingerprint density at radius 3 is 2.60 bits per heavy atom. The summed E-state index contributed by atoms with van der Waals surface area (Å²) in [5.41, 5.74) is 8.43. The van der Waals surface area contributed by atoms with E-state index in [9.17, 15) is 14.4 Å². The van der Waals surface area contributed by atoms with E-state index in [1.165, 1.54) is 25.4 Å². The van der Waals surface area contributed by atoms with Crippen molar-refractivity contribution in [3.05, 3.63) is 111 Å². The second-order valence-electron chi connectivity index (χ2n) is 12.5. The first-order chi connectivity index (χ1) is 23.0. The normalized spacial score (nSPS) is 14.8. The molecule has 48 heavy (non-hydrogen) atoms. The first kappa shape index (κ1) is 32.4. The van der Waals surface area contributed by atoms with Crippen LogP contribution >= 0.6 is 0 Å². The summed E-state index contributed by atoms with van der Waals surface area (Å²) in [6.45, 7) is 9.14. The summed E-state index contributed by atoms with van der Waals surface area (Å²) < 4.78 is 27.3. The summed E-state index contributed by atoms with van der Waals surface area (Å²) in [6, 6.07) is 11.8. The molecular formula is C35H36FN7O5. The molecule has 1 fully saturated rings. The number of pyridine rings is 1. The maximum atomic E-state index is 15.4. The van der Waals surface area contributed by atoms with Gasteiger partial charge in [-0.05, 0) is 52.9 Å². The van der Waals surface area contributed by atoms with E-state index >= 15 is 4.39 Å². The molecular weight excluding hydrogens is 617 g/mol. The molecule has 1 amide bonds. The van der Waals surface area contributed by atoms with Crippen LogP contribution in [-0.2, 0) is 26.3 Å². The van der Waals surface area contributed by atoms with Crippen LogP contribution in [0.25, 0.3) is 22.0 Å². The molecule has 0 atom stereocenters. The molecule has 4 aromatic rings. The molecule has 1 saturated heterocycles. The van der Waals surface area contributed by atoms with E-state index < -0.39 is 17.3 Å². The van der Waals surface area contributed by atoms with Crippen LogP contribution in [0.3, 0.4) is 0 Å². The highest BCUT2D eigenvalue weighted by atomic mass is 19.1. The van der Waals surface area contributed by atoms with Gasteiger partial charge in [-0.1, -0.05) is 32.9 Å². The monoisotopic (exact) mass is 653 g/mol. The number of carbonyl (C=O) groups is 2. The second-order valence-corrected chi connectivity index (χ2v) is 12.5. The van der Waals surface area contributed by atoms with Crippen LogP contribution < -0.4 is 21.7 Å². The predicted molar refractivity (Wildman–Crippen MR) is 178 cm³/mol. The number of carbonyl (C=O) groups excluding carboxylic acids is 2. The number of amides is 1. The topological polar surface area (TPSA) is 140 Å². The van der Waals surface area contributed by atoms with Gasteiger partial charge in [-0.2, -0.15) is 9.78 Å². The number of hydrogen-bond acceptors (Lipinski definition) is 10. The number of anilines is 1. The third-order valence-electron chi connectivity index (χ3n) is 8.12. The Morgan fingerprint density at radius 1 is 1.10 bits per heavy atom. The number of nitrogens with zero attached hydrogens (tertiary/aromatic N) is 4. The van der Waals surface area contributed by atoms with Gasteiger partial charge in [0.2, 0.25) is 0 Å². The Morgan fingerprint density at radius 2 is 1.90 bits per heavy atom. The molecule has 12 nitrogen and oxygen atoms in total. The average Bonchev–Trinajstić information content (AvgIpc) is 3.07. The molecule has 0 saturated carbocycles. The lowest BCUT2D eigenvalue weighted by Crippen LogP contribution is -2.40. The zero-order valence-corrected chi connectivity index (χ0v) is 27.1. The minimum Gasteiger partial charge on any atom is -0.461 e. The number of hydrogen-bond donors (Lipinski definition) is 3. The van der Waals surface area contributed by atoms with Crippen LogP contribution in [-0.4, -0.2) is 57.8 Å². The summed E-state index contributed by atoms with van der Waals surface area (Å²) in [6.07, 6.45) is 6.52. The first-order valence-electron chi connectivity index (χ1n) is 15.5. The molecule has 0 bridgehead atoms. The van der Waals surface area contributed by atoms with Crippen molar-refractivity contribution in [3.63, 3.8) is 0 Å². The molecule has 0 unspecified atom stereocenters. The van der Waals surface area contributed by atoms with E-state index in [0.717, 1.165) is 10.2 Å². The fourth-order valence-electron chi connectivity index (χ4n) is 5.54. The smallest absolute Gasteiger partial charge is 0.302 e. The summed E-state index contributed by atoms with van der Waals surface area (Å²) in [5.74, 6) is -0.210. The molecule has 4 heterocycles. The maximum Gasteiger partial charge on any atom is 0.302 e. The number of aromatic nitrogens is 3. The van der Waals surface area contributed by atoms with Gasteiger partial charge < -0.3 is 25.1 Å². The summed E-state index contributed by atoms with van der Waals surface area (Å²) in [4.78, 5) is 44.6. The summed E-state index contributed by atoms with van der Waals surface area (Å²) >= 11 is 0. The standard InChI is InChI=1S/C35H36FN7O5/c1-21(44)48-20-27-26(6-5-7-29(27)43-34(46)32-24(19-39-43)14-25(16-28(32)36)35(2,3)4)23-15-31(41-38-18-23)40-30-9-8-22(17-37-30)33(45)42-10-12-47-13-11-42/h5-9,14-19,38,41H,10-13,20H2,1-4H3,(H,37,40). The third-order valence-corrected chi connectivity index (χ3v) is 8.12. The predicted octanol–water partition coefficient (Wildman–Crippen LogP) is 4.16. The Balaban J connectivity index is 1.32. The number of nitrogens with one attached hydrogen (secondary N) is 3.